The van der Waals surface area contributed by atoms with Gasteiger partial charge in [0.25, 0.3) is 0 Å². The lowest BCUT2D eigenvalue weighted by Crippen LogP contribution is -1.95. The van der Waals surface area contributed by atoms with Crippen LogP contribution in [-0.4, -0.2) is 0 Å². The Morgan fingerprint density at radius 3 is 1.41 bits per heavy atom. The Hall–Kier alpha value is -2.21. The minimum Gasteiger partial charge on any atom is -0.133 e. The Kier molecular flexibility index (Phi) is 6.61. The molecule has 4 rings (SSSR count). The van der Waals surface area contributed by atoms with Crippen LogP contribution in [0, 0.1) is 0 Å². The van der Waals surface area contributed by atoms with Crippen LogP contribution in [0.1, 0.15) is 5.56 Å². The molecule has 0 spiro atoms. The monoisotopic (exact) mass is 432 g/mol. The van der Waals surface area contributed by atoms with Crippen molar-refractivity contribution in [2.45, 2.75) is 6.16 Å². The van der Waals surface area contributed by atoms with E-state index in [-0.39, 0.29) is 17.0 Å². The molecule has 2 heteroatoms. The van der Waals surface area contributed by atoms with Gasteiger partial charge >= 0.3 is 0 Å². The van der Waals surface area contributed by atoms with Crippen molar-refractivity contribution >= 4 is 26.2 Å². The molecule has 0 aliphatic rings. The van der Waals surface area contributed by atoms with Gasteiger partial charge in [-0.25, -0.2) is 0 Å². The molecule has 0 heterocycles. The summed E-state index contributed by atoms with van der Waals surface area (Å²) in [5.74, 6) is 0. The van der Waals surface area contributed by atoms with Crippen LogP contribution < -0.4 is 0 Å². The highest BCUT2D eigenvalue weighted by Gasteiger charge is 2.16. The van der Waals surface area contributed by atoms with Crippen LogP contribution >= 0.6 is 26.2 Å². The van der Waals surface area contributed by atoms with Gasteiger partial charge in [-0.2, -0.15) is 0 Å². The molecule has 0 saturated carbocycles. The second kappa shape index (κ2) is 9.13. The minimum absolute atomic E-state index is 0. The molecule has 0 saturated heterocycles. The van der Waals surface area contributed by atoms with E-state index in [1.807, 2.05) is 0 Å². The molecule has 27 heavy (non-hydrogen) atoms. The second-order valence-electron chi connectivity index (χ2n) is 6.32. The van der Waals surface area contributed by atoms with Crippen LogP contribution in [0.4, 0.5) is 0 Å². The average molecular weight is 433 g/mol. The van der Waals surface area contributed by atoms with E-state index in [1.165, 1.54) is 38.9 Å². The first kappa shape index (κ1) is 19.5. The van der Waals surface area contributed by atoms with E-state index >= 15 is 0 Å². The summed E-state index contributed by atoms with van der Waals surface area (Å²) >= 11 is 0. The molecule has 0 aliphatic carbocycles. The first-order valence-electron chi connectivity index (χ1n) is 8.90. The summed E-state index contributed by atoms with van der Waals surface area (Å²) in [4.78, 5) is 0. The van der Waals surface area contributed by atoms with Crippen LogP contribution in [0.3, 0.4) is 0 Å². The molecule has 4 aromatic carbocycles. The summed E-state index contributed by atoms with van der Waals surface area (Å²) in [5.41, 5.74) is 9.03. The topological polar surface area (TPSA) is 0 Å². The average Bonchev–Trinajstić information content (AvgIpc) is 2.74. The Balaban J connectivity index is 0.00000210. The van der Waals surface area contributed by atoms with Gasteiger partial charge < -0.3 is 0 Å². The van der Waals surface area contributed by atoms with Crippen molar-refractivity contribution in [3.63, 3.8) is 0 Å². The first-order valence-corrected chi connectivity index (χ1v) is 9.72. The largest absolute Gasteiger partial charge is 0.133 e. The predicted molar refractivity (Wildman–Crippen MR) is 126 cm³/mol. The fourth-order valence-corrected chi connectivity index (χ4v) is 3.85. The third-order valence-electron chi connectivity index (χ3n) is 4.72. The summed E-state index contributed by atoms with van der Waals surface area (Å²) in [6.07, 6.45) is 0.930. The minimum atomic E-state index is 0. The summed E-state index contributed by atoms with van der Waals surface area (Å²) < 4.78 is 0. The van der Waals surface area contributed by atoms with E-state index in [0.29, 0.717) is 0 Å². The van der Waals surface area contributed by atoms with Gasteiger partial charge in [0.1, 0.15) is 0 Å². The maximum atomic E-state index is 2.88. The number of halogens is 1. The number of benzene rings is 4. The van der Waals surface area contributed by atoms with Crippen molar-refractivity contribution in [2.24, 2.45) is 0 Å². The molecule has 0 aliphatic heterocycles. The maximum absolute atomic E-state index is 2.88. The van der Waals surface area contributed by atoms with Gasteiger partial charge in [0.05, 0.1) is 0 Å². The van der Waals surface area contributed by atoms with Gasteiger partial charge in [-0.1, -0.05) is 103 Å². The molecule has 0 aromatic heterocycles. The zero-order valence-electron chi connectivity index (χ0n) is 15.0. The van der Waals surface area contributed by atoms with Crippen LogP contribution in [0.2, 0.25) is 0 Å². The van der Waals surface area contributed by atoms with Gasteiger partial charge in [-0.05, 0) is 45.1 Å². The highest BCUT2D eigenvalue weighted by atomic mass is 79.9. The SMILES string of the molecule is Br.PCc1ccc(-c2ccccc2)c(-c2ccccc2)c1-c1ccccc1. The fraction of sp³-hybridized carbons (Fsp3) is 0.0400. The molecular formula is C25H22BrP. The smallest absolute Gasteiger partial charge is 0.00239 e. The van der Waals surface area contributed by atoms with E-state index in [2.05, 4.69) is 112 Å². The zero-order chi connectivity index (χ0) is 17.8. The molecule has 1 unspecified atom stereocenters. The zero-order valence-corrected chi connectivity index (χ0v) is 17.9. The summed E-state index contributed by atoms with van der Waals surface area (Å²) in [6, 6.07) is 36.7. The Labute approximate surface area is 174 Å². The summed E-state index contributed by atoms with van der Waals surface area (Å²) in [5, 5.41) is 0. The van der Waals surface area contributed by atoms with Crippen LogP contribution in [0.25, 0.3) is 33.4 Å². The number of hydrogen-bond donors (Lipinski definition) is 0. The molecule has 0 nitrogen and oxygen atoms in total. The van der Waals surface area contributed by atoms with Gasteiger partial charge in [0.2, 0.25) is 0 Å². The lowest BCUT2D eigenvalue weighted by atomic mass is 9.85. The van der Waals surface area contributed by atoms with Gasteiger partial charge in [0, 0.05) is 0 Å². The summed E-state index contributed by atoms with van der Waals surface area (Å²) in [7, 11) is 2.88. The van der Waals surface area contributed by atoms with Gasteiger partial charge in [-0.15, -0.1) is 26.2 Å². The van der Waals surface area contributed by atoms with Crippen molar-refractivity contribution in [1.82, 2.24) is 0 Å². The molecule has 0 amide bonds. The molecule has 0 fully saturated rings. The molecule has 134 valence electrons. The van der Waals surface area contributed by atoms with E-state index in [1.54, 1.807) is 0 Å². The van der Waals surface area contributed by atoms with Crippen LogP contribution in [0.5, 0.6) is 0 Å². The van der Waals surface area contributed by atoms with Gasteiger partial charge in [-0.3, -0.25) is 0 Å². The summed E-state index contributed by atoms with van der Waals surface area (Å²) in [6.45, 7) is 0. The van der Waals surface area contributed by atoms with Crippen LogP contribution in [0.15, 0.2) is 103 Å². The lowest BCUT2D eigenvalue weighted by molar-refractivity contribution is 1.41. The Morgan fingerprint density at radius 1 is 0.481 bits per heavy atom. The quantitative estimate of drug-likeness (QED) is 0.290. The fourth-order valence-electron chi connectivity index (χ4n) is 3.51. The predicted octanol–water partition coefficient (Wildman–Crippen LogP) is 7.64. The van der Waals surface area contributed by atoms with Gasteiger partial charge in [0.15, 0.2) is 0 Å². The molecular weight excluding hydrogens is 411 g/mol. The van der Waals surface area contributed by atoms with E-state index in [0.717, 1.165) is 6.16 Å². The first-order chi connectivity index (χ1) is 12.9. The molecule has 4 aromatic rings. The van der Waals surface area contributed by atoms with Crippen molar-refractivity contribution in [2.75, 3.05) is 0 Å². The lowest BCUT2D eigenvalue weighted by Gasteiger charge is -2.19. The van der Waals surface area contributed by atoms with Crippen molar-refractivity contribution < 1.29 is 0 Å². The van der Waals surface area contributed by atoms with Crippen LogP contribution in [-0.2, 0) is 6.16 Å². The standard InChI is InChI=1S/C25H21P.BrH/c26-18-22-16-17-23(19-10-4-1-5-11-19)25(21-14-8-3-9-15-21)24(22)20-12-6-2-7-13-20;/h1-17H,18,26H2;1H. The second-order valence-corrected chi connectivity index (χ2v) is 6.73. The maximum Gasteiger partial charge on any atom is -0.00239 e. The Morgan fingerprint density at radius 2 is 0.926 bits per heavy atom. The molecule has 0 N–H and O–H groups in total. The normalized spacial score (nSPS) is 10.3. The molecule has 0 bridgehead atoms. The van der Waals surface area contributed by atoms with E-state index < -0.39 is 0 Å². The third-order valence-corrected chi connectivity index (χ3v) is 5.16. The molecule has 0 radical (unpaired) electrons. The highest BCUT2D eigenvalue weighted by molar-refractivity contribution is 8.93. The van der Waals surface area contributed by atoms with E-state index in [4.69, 9.17) is 0 Å². The molecule has 1 atom stereocenters. The van der Waals surface area contributed by atoms with E-state index in [9.17, 15) is 0 Å². The number of rotatable bonds is 4. The highest BCUT2D eigenvalue weighted by Crippen LogP contribution is 2.42. The third kappa shape index (κ3) is 4.05. The number of hydrogen-bond acceptors (Lipinski definition) is 0. The van der Waals surface area contributed by atoms with Crippen molar-refractivity contribution in [3.05, 3.63) is 109 Å². The van der Waals surface area contributed by atoms with Crippen molar-refractivity contribution in [3.8, 4) is 33.4 Å². The Bertz CT molecular complexity index is 996. The van der Waals surface area contributed by atoms with Crippen molar-refractivity contribution in [1.29, 1.82) is 0 Å².